The summed E-state index contributed by atoms with van der Waals surface area (Å²) >= 11 is 0. The lowest BCUT2D eigenvalue weighted by atomic mass is 9.71. The highest BCUT2D eigenvalue weighted by molar-refractivity contribution is 5.86. The molecule has 2 aliphatic rings. The van der Waals surface area contributed by atoms with Crippen LogP contribution in [0.1, 0.15) is 89.3 Å². The van der Waals surface area contributed by atoms with Crippen molar-refractivity contribution in [3.8, 4) is 28.4 Å². The smallest absolute Gasteiger partial charge is 0.303 e. The van der Waals surface area contributed by atoms with E-state index in [0.717, 1.165) is 43.2 Å². The van der Waals surface area contributed by atoms with Crippen molar-refractivity contribution in [1.82, 2.24) is 10.6 Å². The van der Waals surface area contributed by atoms with Crippen molar-refractivity contribution in [2.75, 3.05) is 33.2 Å². The number of ether oxygens (including phenoxy) is 3. The number of carboxylic acids is 1. The molecule has 256 valence electrons. The van der Waals surface area contributed by atoms with Crippen molar-refractivity contribution in [2.24, 2.45) is 11.3 Å². The van der Waals surface area contributed by atoms with E-state index < -0.39 is 23.5 Å². The Labute approximate surface area is 276 Å². The number of amides is 2. The van der Waals surface area contributed by atoms with Crippen LogP contribution in [0.25, 0.3) is 11.1 Å². The molecule has 47 heavy (non-hydrogen) atoms. The Bertz CT molecular complexity index is 1530. The van der Waals surface area contributed by atoms with E-state index in [1.807, 2.05) is 26.0 Å². The van der Waals surface area contributed by atoms with Gasteiger partial charge in [-0.25, -0.2) is 0 Å². The molecule has 4 N–H and O–H groups in total. The summed E-state index contributed by atoms with van der Waals surface area (Å²) in [5, 5.41) is 18.9. The Balaban J connectivity index is 1.76. The maximum Gasteiger partial charge on any atom is 0.303 e. The lowest BCUT2D eigenvalue weighted by molar-refractivity contribution is -0.140. The van der Waals surface area contributed by atoms with Gasteiger partial charge in [0.15, 0.2) is 11.5 Å². The molecule has 2 aromatic carbocycles. The summed E-state index contributed by atoms with van der Waals surface area (Å²) in [6.07, 6.45) is 6.02. The Morgan fingerprint density at radius 3 is 2.30 bits per heavy atom. The third-order valence-corrected chi connectivity index (χ3v) is 9.35. The molecule has 11 nitrogen and oxygen atoms in total. The predicted octanol–water partition coefficient (Wildman–Crippen LogP) is 5.23. The predicted molar refractivity (Wildman–Crippen MR) is 180 cm³/mol. The molecule has 1 fully saturated rings. The van der Waals surface area contributed by atoms with Gasteiger partial charge < -0.3 is 35.3 Å². The molecule has 0 spiro atoms. The summed E-state index contributed by atoms with van der Waals surface area (Å²) in [7, 11) is 4.64. The van der Waals surface area contributed by atoms with Gasteiger partial charge >= 0.3 is 5.97 Å². The molecule has 4 rings (SSSR count). The van der Waals surface area contributed by atoms with Crippen LogP contribution in [0, 0.1) is 11.3 Å². The van der Waals surface area contributed by atoms with Crippen molar-refractivity contribution in [2.45, 2.75) is 90.6 Å². The normalized spacial score (nSPS) is 17.3. The first kappa shape index (κ1) is 35.6. The molecule has 11 heteroatoms. The zero-order valence-electron chi connectivity index (χ0n) is 28.4. The number of anilines is 1. The molecule has 2 aliphatic carbocycles. The molecule has 0 saturated heterocycles. The van der Waals surface area contributed by atoms with E-state index in [1.165, 1.54) is 20.1 Å². The summed E-state index contributed by atoms with van der Waals surface area (Å²) in [5.74, 6) is 0.146. The minimum Gasteiger partial charge on any atom is -0.493 e. The highest BCUT2D eigenvalue weighted by Crippen LogP contribution is 2.50. The van der Waals surface area contributed by atoms with Crippen LogP contribution in [-0.2, 0) is 20.8 Å². The van der Waals surface area contributed by atoms with Crippen LogP contribution in [0.2, 0.25) is 0 Å². The molecule has 2 amide bonds. The molecular formula is C36H49N3O8. The third kappa shape index (κ3) is 8.36. The molecule has 2 atom stereocenters. The summed E-state index contributed by atoms with van der Waals surface area (Å²) in [6, 6.07) is 5.73. The van der Waals surface area contributed by atoms with Crippen LogP contribution in [0.3, 0.4) is 0 Å². The molecule has 0 heterocycles. The van der Waals surface area contributed by atoms with Crippen LogP contribution in [0.5, 0.6) is 17.2 Å². The van der Waals surface area contributed by atoms with E-state index in [2.05, 4.69) is 16.0 Å². The van der Waals surface area contributed by atoms with E-state index in [-0.39, 0.29) is 41.8 Å². The highest BCUT2D eigenvalue weighted by Gasteiger charge is 2.36. The molecule has 0 aromatic heterocycles. The van der Waals surface area contributed by atoms with E-state index >= 15 is 0 Å². The van der Waals surface area contributed by atoms with Gasteiger partial charge in [0.25, 0.3) is 0 Å². The number of nitrogens with one attached hydrogen (secondary N) is 3. The number of rotatable bonds is 13. The van der Waals surface area contributed by atoms with Gasteiger partial charge in [0, 0.05) is 19.0 Å². The summed E-state index contributed by atoms with van der Waals surface area (Å²) in [4.78, 5) is 51.6. The van der Waals surface area contributed by atoms with Crippen LogP contribution in [0.15, 0.2) is 29.1 Å². The zero-order valence-corrected chi connectivity index (χ0v) is 28.4. The average Bonchev–Trinajstić information content (AvgIpc) is 3.26. The number of benzene rings is 1. The fraction of sp³-hybridized carbons (Fsp3) is 0.556. The number of hydrogen-bond donors (Lipinski definition) is 4. The maximum absolute atomic E-state index is 13.9. The SMILES string of the molecule is COc1cc2c(c(OC)c1OC)-c1ccc(N[C@@H](CC(C)C)C(=O)NCC3(CC(=O)O)CCCCC3)c(=O)cc1[C@@H](NC(C)=O)CC2. The lowest BCUT2D eigenvalue weighted by Crippen LogP contribution is -2.46. The van der Waals surface area contributed by atoms with Crippen molar-refractivity contribution in [3.05, 3.63) is 45.6 Å². The fourth-order valence-corrected chi connectivity index (χ4v) is 7.15. The quantitative estimate of drug-likeness (QED) is 0.228. The van der Waals surface area contributed by atoms with Gasteiger partial charge in [-0.15, -0.1) is 0 Å². The highest BCUT2D eigenvalue weighted by atomic mass is 16.5. The van der Waals surface area contributed by atoms with Gasteiger partial charge in [0.1, 0.15) is 6.04 Å². The molecule has 0 aliphatic heterocycles. The number of aliphatic carboxylic acids is 1. The van der Waals surface area contributed by atoms with E-state index in [1.54, 1.807) is 20.3 Å². The molecule has 0 bridgehead atoms. The number of methoxy groups -OCH3 is 3. The van der Waals surface area contributed by atoms with Crippen molar-refractivity contribution in [1.29, 1.82) is 0 Å². The minimum absolute atomic E-state index is 0.0113. The van der Waals surface area contributed by atoms with Crippen molar-refractivity contribution >= 4 is 23.5 Å². The number of carboxylic acid groups (broad SMARTS) is 1. The first-order chi connectivity index (χ1) is 22.4. The summed E-state index contributed by atoms with van der Waals surface area (Å²) in [5.41, 5.74) is 2.40. The van der Waals surface area contributed by atoms with Crippen molar-refractivity contribution in [3.63, 3.8) is 0 Å². The molecule has 0 radical (unpaired) electrons. The first-order valence-electron chi connectivity index (χ1n) is 16.5. The second kappa shape index (κ2) is 15.5. The van der Waals surface area contributed by atoms with Crippen molar-refractivity contribution < 1.29 is 33.7 Å². The fourth-order valence-electron chi connectivity index (χ4n) is 7.15. The number of aryl methyl sites for hydroxylation is 1. The van der Waals surface area contributed by atoms with E-state index in [9.17, 15) is 24.3 Å². The van der Waals surface area contributed by atoms with Crippen LogP contribution in [0.4, 0.5) is 5.69 Å². The number of carbonyl (C=O) groups excluding carboxylic acids is 2. The number of carbonyl (C=O) groups is 3. The van der Waals surface area contributed by atoms with Gasteiger partial charge in [-0.2, -0.15) is 0 Å². The van der Waals surface area contributed by atoms with Gasteiger partial charge in [0.2, 0.25) is 23.0 Å². The van der Waals surface area contributed by atoms with Crippen LogP contribution < -0.4 is 35.6 Å². The maximum atomic E-state index is 13.9. The monoisotopic (exact) mass is 651 g/mol. The average molecular weight is 652 g/mol. The third-order valence-electron chi connectivity index (χ3n) is 9.35. The van der Waals surface area contributed by atoms with Gasteiger partial charge in [-0.3, -0.25) is 19.2 Å². The molecule has 1 saturated carbocycles. The topological polar surface area (TPSA) is 152 Å². The lowest BCUT2D eigenvalue weighted by Gasteiger charge is -2.36. The first-order valence-corrected chi connectivity index (χ1v) is 16.5. The number of hydrogen-bond acceptors (Lipinski definition) is 8. The Kier molecular flexibility index (Phi) is 11.8. The Hall–Kier alpha value is -4.28. The van der Waals surface area contributed by atoms with E-state index in [0.29, 0.717) is 47.6 Å². The Morgan fingerprint density at radius 1 is 1.00 bits per heavy atom. The van der Waals surface area contributed by atoms with E-state index in [4.69, 9.17) is 14.2 Å². The second-order valence-corrected chi connectivity index (χ2v) is 13.3. The van der Waals surface area contributed by atoms with Gasteiger partial charge in [-0.05, 0) is 78.3 Å². The molecular weight excluding hydrogens is 602 g/mol. The standard InChI is InChI=1S/C36H49N3O8/c1-21(2)16-28(35(44)37-20-36(19-31(42)43)14-8-7-9-15-36)39-27-13-11-24-25(18-29(27)41)26(38-22(3)40)12-10-23-17-30(45-4)33(46-5)34(47-6)32(23)24/h11,13,17-18,21,26,28H,7-10,12,14-16,19-20H2,1-6H3,(H,37,44)(H,38,40)(H,39,41)(H,42,43)/t26-,28-/m0/s1. The zero-order chi connectivity index (χ0) is 34.3. The minimum atomic E-state index is -0.864. The molecule has 0 unspecified atom stereocenters. The van der Waals surface area contributed by atoms with Crippen LogP contribution >= 0.6 is 0 Å². The van der Waals surface area contributed by atoms with Gasteiger partial charge in [-0.1, -0.05) is 39.2 Å². The summed E-state index contributed by atoms with van der Waals surface area (Å²) in [6.45, 7) is 5.73. The Morgan fingerprint density at radius 2 is 1.70 bits per heavy atom. The summed E-state index contributed by atoms with van der Waals surface area (Å²) < 4.78 is 17.2. The number of fused-ring (bicyclic) bond motifs is 3. The van der Waals surface area contributed by atoms with Crippen LogP contribution in [-0.4, -0.2) is 56.8 Å². The molecule has 2 aromatic rings. The van der Waals surface area contributed by atoms with Gasteiger partial charge in [0.05, 0.1) is 39.5 Å². The largest absolute Gasteiger partial charge is 0.493 e. The second-order valence-electron chi connectivity index (χ2n) is 13.3.